The molecule has 1 aliphatic heterocycles. The molecule has 2 aromatic heterocycles. The molecule has 1 N–H and O–H groups in total. The first-order valence-electron chi connectivity index (χ1n) is 8.02. The summed E-state index contributed by atoms with van der Waals surface area (Å²) in [4.78, 5) is 12.9. The van der Waals surface area contributed by atoms with Gasteiger partial charge < -0.3 is 10.2 Å². The molecule has 5 heteroatoms. The van der Waals surface area contributed by atoms with Crippen molar-refractivity contribution in [3.8, 4) is 0 Å². The lowest BCUT2D eigenvalue weighted by molar-refractivity contribution is 0.171. The average Bonchev–Trinajstić information content (AvgIpc) is 2.93. The number of nitrogens with zero attached hydrogens (tertiary/aromatic N) is 3. The molecule has 0 saturated carbocycles. The van der Waals surface area contributed by atoms with Gasteiger partial charge in [0.15, 0.2) is 5.13 Å². The zero-order valence-electron chi connectivity index (χ0n) is 13.5. The Hall–Kier alpha value is -1.46. The third-order valence-electron chi connectivity index (χ3n) is 4.31. The van der Waals surface area contributed by atoms with E-state index in [0.29, 0.717) is 12.0 Å². The maximum Gasteiger partial charge on any atom is 0.188 e. The van der Waals surface area contributed by atoms with E-state index in [1.807, 2.05) is 12.3 Å². The number of pyridine rings is 1. The summed E-state index contributed by atoms with van der Waals surface area (Å²) in [7, 11) is 0. The number of anilines is 2. The van der Waals surface area contributed by atoms with E-state index in [1.165, 1.54) is 36.5 Å². The second-order valence-corrected chi connectivity index (χ2v) is 7.49. The molecule has 3 rings (SSSR count). The molecule has 22 heavy (non-hydrogen) atoms. The zero-order valence-corrected chi connectivity index (χ0v) is 14.4. The van der Waals surface area contributed by atoms with E-state index >= 15 is 0 Å². The van der Waals surface area contributed by atoms with Crippen molar-refractivity contribution >= 4 is 22.3 Å². The molecule has 4 nitrogen and oxygen atoms in total. The number of hydrogen-bond donors (Lipinski definition) is 1. The second kappa shape index (κ2) is 6.75. The second-order valence-electron chi connectivity index (χ2n) is 6.25. The molecule has 3 heterocycles. The van der Waals surface area contributed by atoms with E-state index in [1.54, 1.807) is 11.3 Å². The largest absolute Gasteiger partial charge is 0.316 e. The van der Waals surface area contributed by atoms with Crippen molar-refractivity contribution in [2.45, 2.75) is 45.6 Å². The van der Waals surface area contributed by atoms with Crippen molar-refractivity contribution in [3.05, 3.63) is 35.0 Å². The molecule has 0 spiro atoms. The summed E-state index contributed by atoms with van der Waals surface area (Å²) < 4.78 is 0. The molecule has 2 aromatic rings. The van der Waals surface area contributed by atoms with Crippen LogP contribution in [-0.2, 0) is 0 Å². The molecule has 118 valence electrons. The standard InChI is InChI=1S/C17H24N4S/c1-12(2)21-9-7-14(8-10-21)15-5-4-6-16(19-15)20-17-18-11-13(3)22-17/h4-6,11-12,14H,7-10H2,1-3H3,(H,18,19,20). The first-order valence-corrected chi connectivity index (χ1v) is 8.84. The monoisotopic (exact) mass is 316 g/mol. The highest BCUT2D eigenvalue weighted by Crippen LogP contribution is 2.29. The normalized spacial score (nSPS) is 17.1. The minimum atomic E-state index is 0.579. The summed E-state index contributed by atoms with van der Waals surface area (Å²) >= 11 is 1.66. The number of thiazole rings is 1. The van der Waals surface area contributed by atoms with Crippen molar-refractivity contribution in [2.24, 2.45) is 0 Å². The molecule has 0 amide bonds. The van der Waals surface area contributed by atoms with Gasteiger partial charge in [0.2, 0.25) is 0 Å². The van der Waals surface area contributed by atoms with Gasteiger partial charge >= 0.3 is 0 Å². The van der Waals surface area contributed by atoms with Crippen LogP contribution >= 0.6 is 11.3 Å². The SMILES string of the molecule is Cc1cnc(Nc2cccc(C3CCN(C(C)C)CC3)n2)s1. The van der Waals surface area contributed by atoms with Crippen LogP contribution in [0.2, 0.25) is 0 Å². The molecular weight excluding hydrogens is 292 g/mol. The van der Waals surface area contributed by atoms with Crippen molar-refractivity contribution in [1.82, 2.24) is 14.9 Å². The van der Waals surface area contributed by atoms with Crippen LogP contribution in [0, 0.1) is 6.92 Å². The summed E-state index contributed by atoms with van der Waals surface area (Å²) in [5.41, 5.74) is 1.21. The molecule has 1 aliphatic rings. The minimum absolute atomic E-state index is 0.579. The van der Waals surface area contributed by atoms with Crippen LogP contribution in [0.25, 0.3) is 0 Å². The quantitative estimate of drug-likeness (QED) is 0.919. The summed E-state index contributed by atoms with van der Waals surface area (Å²) in [6.07, 6.45) is 4.29. The Balaban J connectivity index is 1.66. The van der Waals surface area contributed by atoms with Crippen LogP contribution in [0.3, 0.4) is 0 Å². The number of likely N-dealkylation sites (tertiary alicyclic amines) is 1. The van der Waals surface area contributed by atoms with Crippen LogP contribution in [0.5, 0.6) is 0 Å². The van der Waals surface area contributed by atoms with Crippen LogP contribution in [0.1, 0.15) is 43.2 Å². The van der Waals surface area contributed by atoms with Gasteiger partial charge in [0, 0.05) is 28.7 Å². The maximum atomic E-state index is 4.81. The number of rotatable bonds is 4. The van der Waals surface area contributed by atoms with E-state index in [0.717, 1.165) is 10.9 Å². The van der Waals surface area contributed by atoms with Gasteiger partial charge in [-0.05, 0) is 58.8 Å². The van der Waals surface area contributed by atoms with Crippen molar-refractivity contribution in [3.63, 3.8) is 0 Å². The molecule has 0 radical (unpaired) electrons. The Labute approximate surface area is 136 Å². The van der Waals surface area contributed by atoms with Crippen LogP contribution in [-0.4, -0.2) is 34.0 Å². The molecule has 0 unspecified atom stereocenters. The van der Waals surface area contributed by atoms with Gasteiger partial charge in [0.25, 0.3) is 0 Å². The fourth-order valence-electron chi connectivity index (χ4n) is 2.98. The predicted octanol–water partition coefficient (Wildman–Crippen LogP) is 4.18. The Bertz CT molecular complexity index is 615. The maximum absolute atomic E-state index is 4.81. The third-order valence-corrected chi connectivity index (χ3v) is 5.13. The van der Waals surface area contributed by atoms with E-state index in [9.17, 15) is 0 Å². The lowest BCUT2D eigenvalue weighted by Gasteiger charge is -2.34. The smallest absolute Gasteiger partial charge is 0.188 e. The van der Waals surface area contributed by atoms with E-state index in [-0.39, 0.29) is 0 Å². The topological polar surface area (TPSA) is 41.1 Å². The van der Waals surface area contributed by atoms with E-state index < -0.39 is 0 Å². The molecular formula is C17H24N4S. The Morgan fingerprint density at radius 3 is 2.68 bits per heavy atom. The lowest BCUT2D eigenvalue weighted by Crippen LogP contribution is -2.38. The number of piperidine rings is 1. The highest BCUT2D eigenvalue weighted by molar-refractivity contribution is 7.15. The summed E-state index contributed by atoms with van der Waals surface area (Å²) in [6, 6.07) is 6.92. The molecule has 0 aliphatic carbocycles. The van der Waals surface area contributed by atoms with Gasteiger partial charge in [-0.2, -0.15) is 0 Å². The van der Waals surface area contributed by atoms with Crippen molar-refractivity contribution in [2.75, 3.05) is 18.4 Å². The first kappa shape index (κ1) is 15.4. The third kappa shape index (κ3) is 3.65. The molecule has 0 aromatic carbocycles. The Morgan fingerprint density at radius 1 is 1.27 bits per heavy atom. The van der Waals surface area contributed by atoms with Gasteiger partial charge in [0.1, 0.15) is 5.82 Å². The number of nitrogens with one attached hydrogen (secondary N) is 1. The lowest BCUT2D eigenvalue weighted by atomic mass is 9.92. The molecule has 0 bridgehead atoms. The predicted molar refractivity (Wildman–Crippen MR) is 93.1 cm³/mol. The van der Waals surface area contributed by atoms with Gasteiger partial charge in [-0.3, -0.25) is 0 Å². The molecule has 1 saturated heterocycles. The van der Waals surface area contributed by atoms with Crippen molar-refractivity contribution < 1.29 is 0 Å². The number of aryl methyl sites for hydroxylation is 1. The van der Waals surface area contributed by atoms with Crippen LogP contribution in [0.4, 0.5) is 10.9 Å². The summed E-state index contributed by atoms with van der Waals surface area (Å²) in [6.45, 7) is 8.97. The number of aromatic nitrogens is 2. The molecule has 0 atom stereocenters. The average molecular weight is 316 g/mol. The minimum Gasteiger partial charge on any atom is -0.316 e. The highest BCUT2D eigenvalue weighted by atomic mass is 32.1. The molecule has 1 fully saturated rings. The fraction of sp³-hybridized carbons (Fsp3) is 0.529. The fourth-order valence-corrected chi connectivity index (χ4v) is 3.65. The Kier molecular flexibility index (Phi) is 4.74. The summed E-state index contributed by atoms with van der Waals surface area (Å²) in [5, 5.41) is 4.23. The van der Waals surface area contributed by atoms with Gasteiger partial charge in [-0.25, -0.2) is 9.97 Å². The van der Waals surface area contributed by atoms with Crippen molar-refractivity contribution in [1.29, 1.82) is 0 Å². The van der Waals surface area contributed by atoms with Crippen LogP contribution < -0.4 is 5.32 Å². The van der Waals surface area contributed by atoms with E-state index in [2.05, 4.69) is 48.1 Å². The zero-order chi connectivity index (χ0) is 15.5. The van der Waals surface area contributed by atoms with Gasteiger partial charge in [-0.15, -0.1) is 11.3 Å². The Morgan fingerprint density at radius 2 is 2.05 bits per heavy atom. The first-order chi connectivity index (χ1) is 10.6. The van der Waals surface area contributed by atoms with Crippen LogP contribution in [0.15, 0.2) is 24.4 Å². The highest BCUT2D eigenvalue weighted by Gasteiger charge is 2.23. The van der Waals surface area contributed by atoms with Gasteiger partial charge in [0.05, 0.1) is 0 Å². The summed E-state index contributed by atoms with van der Waals surface area (Å²) in [5.74, 6) is 1.48. The van der Waals surface area contributed by atoms with E-state index in [4.69, 9.17) is 4.98 Å². The number of hydrogen-bond acceptors (Lipinski definition) is 5. The van der Waals surface area contributed by atoms with Gasteiger partial charge in [-0.1, -0.05) is 6.07 Å².